The van der Waals surface area contributed by atoms with E-state index in [-0.39, 0.29) is 5.54 Å². The summed E-state index contributed by atoms with van der Waals surface area (Å²) in [5.74, 6) is 1.51. The molecule has 1 rings (SSSR count). The fourth-order valence-corrected chi connectivity index (χ4v) is 1.26. The number of aromatic nitrogens is 1. The third-order valence-electron chi connectivity index (χ3n) is 2.08. The number of aliphatic imine (C=N–C) groups is 1. The van der Waals surface area contributed by atoms with Crippen LogP contribution in [-0.4, -0.2) is 16.7 Å². The highest BCUT2D eigenvalue weighted by Crippen LogP contribution is 2.14. The maximum absolute atomic E-state index is 5.75. The SMILES string of the molecule is CC(C)c1cc(CN=C(N)NC(C)(C)C)on1. The van der Waals surface area contributed by atoms with Gasteiger partial charge in [0.2, 0.25) is 0 Å². The van der Waals surface area contributed by atoms with E-state index in [1.165, 1.54) is 0 Å². The van der Waals surface area contributed by atoms with Crippen molar-refractivity contribution in [2.75, 3.05) is 0 Å². The summed E-state index contributed by atoms with van der Waals surface area (Å²) >= 11 is 0. The van der Waals surface area contributed by atoms with E-state index in [0.717, 1.165) is 11.5 Å². The van der Waals surface area contributed by atoms with Crippen LogP contribution in [0.15, 0.2) is 15.6 Å². The molecule has 0 aliphatic carbocycles. The highest BCUT2D eigenvalue weighted by Gasteiger charge is 2.10. The van der Waals surface area contributed by atoms with E-state index in [2.05, 4.69) is 29.3 Å². The summed E-state index contributed by atoms with van der Waals surface area (Å²) < 4.78 is 5.17. The minimum absolute atomic E-state index is 0.0852. The molecule has 0 bridgehead atoms. The van der Waals surface area contributed by atoms with Crippen molar-refractivity contribution in [1.29, 1.82) is 0 Å². The lowest BCUT2D eigenvalue weighted by atomic mass is 10.1. The van der Waals surface area contributed by atoms with E-state index in [0.29, 0.717) is 18.4 Å². The molecule has 1 aromatic rings. The number of rotatable bonds is 3. The van der Waals surface area contributed by atoms with Gasteiger partial charge < -0.3 is 15.6 Å². The molecular weight excluding hydrogens is 216 g/mol. The molecule has 3 N–H and O–H groups in total. The van der Waals surface area contributed by atoms with Gasteiger partial charge in [-0.15, -0.1) is 0 Å². The maximum Gasteiger partial charge on any atom is 0.189 e. The fraction of sp³-hybridized carbons (Fsp3) is 0.667. The summed E-state index contributed by atoms with van der Waals surface area (Å²) in [5, 5.41) is 7.05. The van der Waals surface area contributed by atoms with Crippen LogP contribution in [0, 0.1) is 0 Å². The number of nitrogens with two attached hydrogens (primary N) is 1. The number of nitrogens with zero attached hydrogens (tertiary/aromatic N) is 2. The summed E-state index contributed by atoms with van der Waals surface area (Å²) in [6.07, 6.45) is 0. The van der Waals surface area contributed by atoms with Gasteiger partial charge in [-0.05, 0) is 26.7 Å². The van der Waals surface area contributed by atoms with Gasteiger partial charge in [0, 0.05) is 11.6 Å². The molecule has 0 saturated carbocycles. The van der Waals surface area contributed by atoms with Crippen LogP contribution in [0.1, 0.15) is 52.0 Å². The predicted octanol–water partition coefficient (Wildman–Crippen LogP) is 2.00. The highest BCUT2D eigenvalue weighted by molar-refractivity contribution is 5.78. The number of hydrogen-bond acceptors (Lipinski definition) is 3. The quantitative estimate of drug-likeness (QED) is 0.623. The van der Waals surface area contributed by atoms with Crippen LogP contribution in [0.2, 0.25) is 0 Å². The molecule has 0 amide bonds. The van der Waals surface area contributed by atoms with E-state index in [1.807, 2.05) is 26.8 Å². The Labute approximate surface area is 102 Å². The molecule has 1 heterocycles. The lowest BCUT2D eigenvalue weighted by molar-refractivity contribution is 0.376. The van der Waals surface area contributed by atoms with Crippen molar-refractivity contribution in [3.05, 3.63) is 17.5 Å². The molecule has 5 heteroatoms. The van der Waals surface area contributed by atoms with Crippen molar-refractivity contribution in [1.82, 2.24) is 10.5 Å². The van der Waals surface area contributed by atoms with Crippen LogP contribution in [0.5, 0.6) is 0 Å². The van der Waals surface area contributed by atoms with E-state index in [4.69, 9.17) is 10.3 Å². The van der Waals surface area contributed by atoms with Gasteiger partial charge in [0.1, 0.15) is 6.54 Å². The van der Waals surface area contributed by atoms with Gasteiger partial charge in [-0.3, -0.25) is 0 Å². The Morgan fingerprint density at radius 1 is 1.53 bits per heavy atom. The van der Waals surface area contributed by atoms with Gasteiger partial charge in [0.15, 0.2) is 11.7 Å². The lowest BCUT2D eigenvalue weighted by Crippen LogP contribution is -2.44. The fourth-order valence-electron chi connectivity index (χ4n) is 1.26. The average molecular weight is 238 g/mol. The number of guanidine groups is 1. The maximum atomic E-state index is 5.75. The Kier molecular flexibility index (Phi) is 4.15. The number of nitrogens with one attached hydrogen (secondary N) is 1. The van der Waals surface area contributed by atoms with Crippen LogP contribution in [0.25, 0.3) is 0 Å². The monoisotopic (exact) mass is 238 g/mol. The second kappa shape index (κ2) is 5.21. The smallest absolute Gasteiger partial charge is 0.189 e. The third kappa shape index (κ3) is 4.89. The molecule has 17 heavy (non-hydrogen) atoms. The Bertz CT molecular complexity index is 387. The zero-order valence-electron chi connectivity index (χ0n) is 11.2. The van der Waals surface area contributed by atoms with Gasteiger partial charge in [-0.2, -0.15) is 0 Å². The molecule has 0 spiro atoms. The first-order valence-electron chi connectivity index (χ1n) is 5.81. The summed E-state index contributed by atoms with van der Waals surface area (Å²) in [6.45, 7) is 10.6. The predicted molar refractivity (Wildman–Crippen MR) is 68.8 cm³/mol. The second-order valence-corrected chi connectivity index (χ2v) is 5.45. The second-order valence-electron chi connectivity index (χ2n) is 5.45. The third-order valence-corrected chi connectivity index (χ3v) is 2.08. The van der Waals surface area contributed by atoms with Crippen LogP contribution in [0.4, 0.5) is 0 Å². The van der Waals surface area contributed by atoms with Gasteiger partial charge in [0.05, 0.1) is 5.69 Å². The van der Waals surface area contributed by atoms with Gasteiger partial charge in [0.25, 0.3) is 0 Å². The van der Waals surface area contributed by atoms with Crippen LogP contribution in [-0.2, 0) is 6.54 Å². The molecule has 0 atom stereocenters. The Hall–Kier alpha value is -1.52. The van der Waals surface area contributed by atoms with Gasteiger partial charge in [-0.1, -0.05) is 19.0 Å². The molecule has 96 valence electrons. The molecular formula is C12H22N4O. The van der Waals surface area contributed by atoms with Crippen molar-refractivity contribution in [2.45, 2.75) is 52.6 Å². The van der Waals surface area contributed by atoms with Crippen molar-refractivity contribution in [3.8, 4) is 0 Å². The van der Waals surface area contributed by atoms with E-state index >= 15 is 0 Å². The molecule has 5 nitrogen and oxygen atoms in total. The Morgan fingerprint density at radius 3 is 2.65 bits per heavy atom. The molecule has 0 unspecified atom stereocenters. The molecule has 0 saturated heterocycles. The van der Waals surface area contributed by atoms with Crippen molar-refractivity contribution < 1.29 is 4.52 Å². The molecule has 1 aromatic heterocycles. The summed E-state index contributed by atoms with van der Waals surface area (Å²) in [5.41, 5.74) is 6.61. The zero-order valence-corrected chi connectivity index (χ0v) is 11.2. The first-order chi connectivity index (χ1) is 7.78. The minimum atomic E-state index is -0.0852. The topological polar surface area (TPSA) is 76.4 Å². The zero-order chi connectivity index (χ0) is 13.1. The molecule has 0 aromatic carbocycles. The van der Waals surface area contributed by atoms with E-state index < -0.39 is 0 Å². The standard InChI is InChI=1S/C12H22N4O/c1-8(2)10-6-9(17-16-10)7-14-11(13)15-12(3,4)5/h6,8H,7H2,1-5H3,(H3,13,14,15). The Balaban J connectivity index is 2.57. The summed E-state index contributed by atoms with van der Waals surface area (Å²) in [7, 11) is 0. The van der Waals surface area contributed by atoms with Crippen molar-refractivity contribution >= 4 is 5.96 Å². The number of hydrogen-bond donors (Lipinski definition) is 2. The van der Waals surface area contributed by atoms with Gasteiger partial charge in [-0.25, -0.2) is 4.99 Å². The minimum Gasteiger partial charge on any atom is -0.370 e. The average Bonchev–Trinajstić information content (AvgIpc) is 2.60. The van der Waals surface area contributed by atoms with E-state index in [1.54, 1.807) is 0 Å². The normalized spacial score (nSPS) is 13.2. The van der Waals surface area contributed by atoms with E-state index in [9.17, 15) is 0 Å². The van der Waals surface area contributed by atoms with Gasteiger partial charge >= 0.3 is 0 Å². The molecule has 0 aliphatic heterocycles. The van der Waals surface area contributed by atoms with Crippen LogP contribution < -0.4 is 11.1 Å². The summed E-state index contributed by atoms with van der Waals surface area (Å²) in [6, 6.07) is 1.92. The largest absolute Gasteiger partial charge is 0.370 e. The molecule has 0 fully saturated rings. The first-order valence-corrected chi connectivity index (χ1v) is 5.81. The first kappa shape index (κ1) is 13.5. The highest BCUT2D eigenvalue weighted by atomic mass is 16.5. The molecule has 0 aliphatic rings. The van der Waals surface area contributed by atoms with Crippen molar-refractivity contribution in [2.24, 2.45) is 10.7 Å². The summed E-state index contributed by atoms with van der Waals surface area (Å²) in [4.78, 5) is 4.20. The van der Waals surface area contributed by atoms with Crippen molar-refractivity contribution in [3.63, 3.8) is 0 Å². The Morgan fingerprint density at radius 2 is 2.18 bits per heavy atom. The molecule has 0 radical (unpaired) electrons. The van der Waals surface area contributed by atoms with Crippen LogP contribution in [0.3, 0.4) is 0 Å². The lowest BCUT2D eigenvalue weighted by Gasteiger charge is -2.20. The van der Waals surface area contributed by atoms with Crippen LogP contribution >= 0.6 is 0 Å².